The highest BCUT2D eigenvalue weighted by Gasteiger charge is 2.34. The monoisotopic (exact) mass is 840 g/mol. The van der Waals surface area contributed by atoms with Crippen LogP contribution in [0.15, 0.2) is 144 Å². The average molecular weight is 841 g/mol. The largest absolute Gasteiger partial charge is 0.142 e. The fraction of sp³-hybridized carbons (Fsp3) is 0. The predicted molar refractivity (Wildman–Crippen MR) is 282 cm³/mol. The van der Waals surface area contributed by atoms with Gasteiger partial charge >= 0.3 is 0 Å². The molecule has 3 aromatic heterocycles. The van der Waals surface area contributed by atoms with Gasteiger partial charge in [-0.2, -0.15) is 0 Å². The van der Waals surface area contributed by atoms with Crippen LogP contribution < -0.4 is 0 Å². The number of benzene rings is 16. The second-order valence-electron chi connectivity index (χ2n) is 18.6. The molecule has 0 aliphatic heterocycles. The van der Waals surface area contributed by atoms with Crippen molar-refractivity contribution >= 4 is 226 Å². The Morgan fingerprint density at radius 2 is 0.444 bits per heavy atom. The number of hydrogen-bond acceptors (Lipinski definition) is 3. The molecule has 0 radical (unpaired) electrons. The van der Waals surface area contributed by atoms with Gasteiger partial charge in [-0.1, -0.05) is 72.8 Å². The van der Waals surface area contributed by atoms with Crippen LogP contribution in [0.5, 0.6) is 0 Å². The zero-order chi connectivity index (χ0) is 39.9. The van der Waals surface area contributed by atoms with E-state index in [1.54, 1.807) is 0 Å². The van der Waals surface area contributed by atoms with Gasteiger partial charge in [0.15, 0.2) is 0 Å². The first-order valence-electron chi connectivity index (χ1n) is 21.9. The number of hydrogen-bond donors (Lipinski definition) is 0. The first-order chi connectivity index (χ1) is 31.2. The number of thiophene rings is 3. The van der Waals surface area contributed by atoms with E-state index in [0.717, 1.165) is 0 Å². The van der Waals surface area contributed by atoms with Crippen molar-refractivity contribution in [2.45, 2.75) is 0 Å². The standard InChI is InChI=1S/C60H24S3/c1-4-10-28-16-34-31(13-25(28)7-1)19-37-46-43(34)40-22-62-59-38-20-32-14-26-8-3-6-12-30(26)18-36(32)45-42-24-63-60-39-21-33-15-27-9-2-5-11-29(27)17-35(33)44-41-23-61-58(37)50(41)56-52(46)55(49(40)59)53(47(38)45)57(51(42)60)54(56)48(39)44/h1-24H. The minimum atomic E-state index is 1.30. The van der Waals surface area contributed by atoms with E-state index in [0.29, 0.717) is 0 Å². The molecule has 0 nitrogen and oxygen atoms in total. The van der Waals surface area contributed by atoms with Crippen molar-refractivity contribution in [2.75, 3.05) is 0 Å². The van der Waals surface area contributed by atoms with E-state index in [9.17, 15) is 0 Å². The molecule has 0 saturated heterocycles. The van der Waals surface area contributed by atoms with Crippen molar-refractivity contribution in [2.24, 2.45) is 0 Å². The van der Waals surface area contributed by atoms with Crippen LogP contribution in [0.4, 0.5) is 0 Å². The third-order valence-electron chi connectivity index (χ3n) is 15.9. The fourth-order valence-corrected chi connectivity index (χ4v) is 16.9. The predicted octanol–water partition coefficient (Wildman–Crippen LogP) is 19.3. The molecule has 0 spiro atoms. The van der Waals surface area contributed by atoms with Crippen LogP contribution in [-0.2, 0) is 0 Å². The Morgan fingerprint density at radius 1 is 0.190 bits per heavy atom. The van der Waals surface area contributed by atoms with Crippen LogP contribution in [0.3, 0.4) is 0 Å². The Hall–Kier alpha value is -7.14. The summed E-state index contributed by atoms with van der Waals surface area (Å²) in [6, 6.07) is 49.4. The summed E-state index contributed by atoms with van der Waals surface area (Å²) in [4.78, 5) is 0. The molecule has 0 amide bonds. The molecule has 0 bridgehead atoms. The van der Waals surface area contributed by atoms with Gasteiger partial charge in [-0.25, -0.2) is 0 Å². The lowest BCUT2D eigenvalue weighted by Gasteiger charge is -2.27. The van der Waals surface area contributed by atoms with Crippen molar-refractivity contribution in [1.29, 1.82) is 0 Å². The zero-order valence-electron chi connectivity index (χ0n) is 33.1. The highest BCUT2D eigenvalue weighted by molar-refractivity contribution is 7.21. The van der Waals surface area contributed by atoms with Gasteiger partial charge in [-0.05, 0) is 152 Å². The minimum absolute atomic E-state index is 1.30. The first-order valence-corrected chi connectivity index (χ1v) is 24.5. The topological polar surface area (TPSA) is 0 Å². The lowest BCUT2D eigenvalue weighted by atomic mass is 9.75. The zero-order valence-corrected chi connectivity index (χ0v) is 35.5. The van der Waals surface area contributed by atoms with Gasteiger partial charge < -0.3 is 0 Å². The van der Waals surface area contributed by atoms with Crippen LogP contribution in [0.1, 0.15) is 0 Å². The molecule has 3 heteroatoms. The second-order valence-corrected chi connectivity index (χ2v) is 21.2. The van der Waals surface area contributed by atoms with Crippen molar-refractivity contribution in [3.05, 3.63) is 144 Å². The Morgan fingerprint density at radius 3 is 0.746 bits per heavy atom. The molecule has 3 heterocycles. The molecule has 0 aliphatic rings. The molecule has 0 aliphatic carbocycles. The summed E-state index contributed by atoms with van der Waals surface area (Å²) in [6.45, 7) is 0. The van der Waals surface area contributed by atoms with Crippen LogP contribution in [0.2, 0.25) is 0 Å². The second kappa shape index (κ2) is 9.73. The van der Waals surface area contributed by atoms with Crippen LogP contribution in [0, 0.1) is 0 Å². The van der Waals surface area contributed by atoms with E-state index in [1.165, 1.54) is 192 Å². The fourth-order valence-electron chi connectivity index (χ4n) is 13.6. The van der Waals surface area contributed by atoms with Gasteiger partial charge in [-0.3, -0.25) is 0 Å². The quantitative estimate of drug-likeness (QED) is 0.105. The van der Waals surface area contributed by atoms with Gasteiger partial charge in [0.05, 0.1) is 0 Å². The summed E-state index contributed by atoms with van der Waals surface area (Å²) in [5, 5.41) is 53.9. The molecule has 0 atom stereocenters. The van der Waals surface area contributed by atoms with Crippen molar-refractivity contribution in [3.8, 4) is 0 Å². The Kier molecular flexibility index (Phi) is 4.76. The molecule has 0 N–H and O–H groups in total. The Labute approximate surface area is 366 Å². The van der Waals surface area contributed by atoms with Gasteiger partial charge in [0, 0.05) is 111 Å². The lowest BCUT2D eigenvalue weighted by molar-refractivity contribution is 1.80. The van der Waals surface area contributed by atoms with Gasteiger partial charge in [0.2, 0.25) is 0 Å². The van der Waals surface area contributed by atoms with Gasteiger partial charge in [0.25, 0.3) is 0 Å². The molecule has 63 heavy (non-hydrogen) atoms. The molecule has 0 unspecified atom stereocenters. The van der Waals surface area contributed by atoms with E-state index in [2.05, 4.69) is 144 Å². The third kappa shape index (κ3) is 3.14. The molecule has 282 valence electrons. The van der Waals surface area contributed by atoms with E-state index >= 15 is 0 Å². The van der Waals surface area contributed by atoms with E-state index in [4.69, 9.17) is 0 Å². The molecule has 0 fully saturated rings. The SMILES string of the molecule is c1ccc2cc3c(cc2c1)cc1c2scc4c5c6cc7ccccc7cc6cc6c7scc8c9c%10cc%11ccccc%11cc%10cc%10c%11scc%12c3c1c1c(c42)c(c65)c(c87)c(c%109)c1c%12%11. The maximum atomic E-state index is 2.57. The molecular weight excluding hydrogens is 817 g/mol. The Balaban J connectivity index is 1.22. The van der Waals surface area contributed by atoms with Gasteiger partial charge in [-0.15, -0.1) is 34.0 Å². The summed E-state index contributed by atoms with van der Waals surface area (Å²) < 4.78 is 4.29. The third-order valence-corrected chi connectivity index (χ3v) is 19.0. The summed E-state index contributed by atoms with van der Waals surface area (Å²) in [7, 11) is 0. The van der Waals surface area contributed by atoms with E-state index in [1.807, 2.05) is 34.0 Å². The van der Waals surface area contributed by atoms with E-state index in [-0.39, 0.29) is 0 Å². The van der Waals surface area contributed by atoms with Crippen LogP contribution in [-0.4, -0.2) is 0 Å². The molecule has 16 aromatic carbocycles. The maximum Gasteiger partial charge on any atom is 0.0434 e. The van der Waals surface area contributed by atoms with Crippen LogP contribution >= 0.6 is 34.0 Å². The van der Waals surface area contributed by atoms with Crippen molar-refractivity contribution in [1.82, 2.24) is 0 Å². The summed E-state index contributed by atoms with van der Waals surface area (Å²) in [5.74, 6) is 0. The van der Waals surface area contributed by atoms with E-state index < -0.39 is 0 Å². The minimum Gasteiger partial charge on any atom is -0.142 e. The summed E-state index contributed by atoms with van der Waals surface area (Å²) >= 11 is 5.91. The molecule has 19 rings (SSSR count). The molecule has 19 aromatic rings. The van der Waals surface area contributed by atoms with Crippen molar-refractivity contribution in [3.63, 3.8) is 0 Å². The highest BCUT2D eigenvalue weighted by atomic mass is 32.1. The average Bonchev–Trinajstić information content (AvgIpc) is 4.09. The number of rotatable bonds is 0. The smallest absolute Gasteiger partial charge is 0.0434 e. The van der Waals surface area contributed by atoms with Crippen LogP contribution in [0.25, 0.3) is 192 Å². The summed E-state index contributed by atoms with van der Waals surface area (Å²) in [5.41, 5.74) is 0. The summed E-state index contributed by atoms with van der Waals surface area (Å²) in [6.07, 6.45) is 0. The highest BCUT2D eigenvalue weighted by Crippen LogP contribution is 2.64. The van der Waals surface area contributed by atoms with Crippen molar-refractivity contribution < 1.29 is 0 Å². The first kappa shape index (κ1) is 30.8. The normalized spacial score (nSPS) is 13.7. The van der Waals surface area contributed by atoms with Gasteiger partial charge in [0.1, 0.15) is 0 Å². The number of fused-ring (bicyclic) bond motifs is 15. The lowest BCUT2D eigenvalue weighted by Crippen LogP contribution is -1.98. The molecular formula is C60H24S3. The Bertz CT molecular complexity index is 4750. The molecule has 0 saturated carbocycles. The maximum absolute atomic E-state index is 2.57.